The van der Waals surface area contributed by atoms with E-state index in [-0.39, 0.29) is 22.7 Å². The van der Waals surface area contributed by atoms with E-state index in [9.17, 15) is 22.0 Å². The van der Waals surface area contributed by atoms with E-state index in [4.69, 9.17) is 0 Å². The van der Waals surface area contributed by atoms with E-state index in [1.165, 1.54) is 28.9 Å². The van der Waals surface area contributed by atoms with Crippen molar-refractivity contribution < 1.29 is 22.0 Å². The molecule has 0 bridgehead atoms. The second-order valence-corrected chi connectivity index (χ2v) is 9.92. The first-order chi connectivity index (χ1) is 14.9. The molecular weight excluding hydrogens is 438 g/mol. The van der Waals surface area contributed by atoms with E-state index < -0.39 is 33.1 Å². The number of hydrogen-bond donors (Lipinski definition) is 2. The molecule has 0 saturated heterocycles. The van der Waals surface area contributed by atoms with Gasteiger partial charge in [0, 0.05) is 18.0 Å². The van der Waals surface area contributed by atoms with Gasteiger partial charge in [-0.2, -0.15) is 5.10 Å². The lowest BCUT2D eigenvalue weighted by Gasteiger charge is -2.14. The molecule has 0 aliphatic carbocycles. The van der Waals surface area contributed by atoms with Crippen LogP contribution in [0.5, 0.6) is 0 Å². The number of amides is 1. The molecule has 0 spiro atoms. The van der Waals surface area contributed by atoms with Crippen LogP contribution in [0, 0.1) is 11.6 Å². The summed E-state index contributed by atoms with van der Waals surface area (Å²) in [7, 11) is -3.88. The molecule has 7 nitrogen and oxygen atoms in total. The SMILES string of the molecule is CCNS(=O)(=O)c1ccc(F)c(C(=O)Nc2cc(C(C)(C)C)nn2-c2ccc(F)cc2)c1. The summed E-state index contributed by atoms with van der Waals surface area (Å²) >= 11 is 0. The van der Waals surface area contributed by atoms with Gasteiger partial charge in [0.05, 0.1) is 21.8 Å². The van der Waals surface area contributed by atoms with Gasteiger partial charge in [-0.05, 0) is 42.5 Å². The molecule has 170 valence electrons. The number of carbonyl (C=O) groups excluding carboxylic acids is 1. The lowest BCUT2D eigenvalue weighted by molar-refractivity contribution is 0.102. The molecule has 1 amide bonds. The quantitative estimate of drug-likeness (QED) is 0.579. The summed E-state index contributed by atoms with van der Waals surface area (Å²) < 4.78 is 56.0. The van der Waals surface area contributed by atoms with Gasteiger partial charge in [-0.25, -0.2) is 26.6 Å². The van der Waals surface area contributed by atoms with Crippen LogP contribution < -0.4 is 10.0 Å². The third-order valence-corrected chi connectivity index (χ3v) is 6.16. The van der Waals surface area contributed by atoms with Crippen LogP contribution in [0.25, 0.3) is 5.69 Å². The van der Waals surface area contributed by atoms with Crippen molar-refractivity contribution in [2.24, 2.45) is 0 Å². The Bertz CT molecular complexity index is 1250. The molecule has 1 heterocycles. The number of halogens is 2. The lowest BCUT2D eigenvalue weighted by Crippen LogP contribution is -2.24. The number of hydrogen-bond acceptors (Lipinski definition) is 4. The van der Waals surface area contributed by atoms with Crippen LogP contribution in [0.4, 0.5) is 14.6 Å². The molecule has 0 aliphatic heterocycles. The molecule has 0 unspecified atom stereocenters. The average molecular weight is 463 g/mol. The molecule has 3 rings (SSSR count). The maximum Gasteiger partial charge on any atom is 0.259 e. The van der Waals surface area contributed by atoms with Crippen molar-refractivity contribution in [3.8, 4) is 5.69 Å². The summed E-state index contributed by atoms with van der Waals surface area (Å²) in [6.07, 6.45) is 0. The van der Waals surface area contributed by atoms with E-state index in [1.54, 1.807) is 13.0 Å². The van der Waals surface area contributed by atoms with E-state index >= 15 is 0 Å². The number of nitrogens with zero attached hydrogens (tertiary/aromatic N) is 2. The summed E-state index contributed by atoms with van der Waals surface area (Å²) in [6, 6.07) is 10.1. The minimum atomic E-state index is -3.88. The highest BCUT2D eigenvalue weighted by Gasteiger charge is 2.24. The van der Waals surface area contributed by atoms with E-state index in [0.29, 0.717) is 11.4 Å². The average Bonchev–Trinajstić information content (AvgIpc) is 3.13. The Kier molecular flexibility index (Phi) is 6.47. The molecule has 0 saturated carbocycles. The third-order valence-electron chi connectivity index (χ3n) is 4.62. The number of rotatable bonds is 6. The molecule has 0 radical (unpaired) electrons. The van der Waals surface area contributed by atoms with Gasteiger partial charge in [0.15, 0.2) is 0 Å². The molecule has 2 aromatic carbocycles. The predicted octanol–water partition coefficient (Wildman–Crippen LogP) is 4.00. The first-order valence-corrected chi connectivity index (χ1v) is 11.4. The molecule has 32 heavy (non-hydrogen) atoms. The zero-order valence-electron chi connectivity index (χ0n) is 18.1. The zero-order valence-corrected chi connectivity index (χ0v) is 18.9. The van der Waals surface area contributed by atoms with Crippen LogP contribution in [-0.2, 0) is 15.4 Å². The minimum Gasteiger partial charge on any atom is -0.306 e. The van der Waals surface area contributed by atoms with Gasteiger partial charge < -0.3 is 5.32 Å². The molecule has 0 aliphatic rings. The van der Waals surface area contributed by atoms with Crippen LogP contribution >= 0.6 is 0 Å². The Hall–Kier alpha value is -3.11. The summed E-state index contributed by atoms with van der Waals surface area (Å²) in [6.45, 7) is 7.56. The fourth-order valence-electron chi connectivity index (χ4n) is 2.92. The predicted molar refractivity (Wildman–Crippen MR) is 117 cm³/mol. The van der Waals surface area contributed by atoms with Crippen molar-refractivity contribution in [3.63, 3.8) is 0 Å². The molecule has 0 atom stereocenters. The summed E-state index contributed by atoms with van der Waals surface area (Å²) in [4.78, 5) is 12.7. The van der Waals surface area contributed by atoms with Crippen molar-refractivity contribution in [2.75, 3.05) is 11.9 Å². The molecule has 1 aromatic heterocycles. The van der Waals surface area contributed by atoms with Crippen LogP contribution in [0.3, 0.4) is 0 Å². The highest BCUT2D eigenvalue weighted by atomic mass is 32.2. The summed E-state index contributed by atoms with van der Waals surface area (Å²) in [5, 5.41) is 7.11. The largest absolute Gasteiger partial charge is 0.306 e. The van der Waals surface area contributed by atoms with E-state index in [2.05, 4.69) is 15.1 Å². The summed E-state index contributed by atoms with van der Waals surface area (Å²) in [5.41, 5.74) is 0.325. The lowest BCUT2D eigenvalue weighted by atomic mass is 9.92. The topological polar surface area (TPSA) is 93.1 Å². The number of aromatic nitrogens is 2. The fourth-order valence-corrected chi connectivity index (χ4v) is 3.99. The van der Waals surface area contributed by atoms with Crippen molar-refractivity contribution in [2.45, 2.75) is 38.0 Å². The van der Waals surface area contributed by atoms with E-state index in [1.807, 2.05) is 20.8 Å². The number of nitrogens with one attached hydrogen (secondary N) is 2. The number of carbonyl (C=O) groups is 1. The van der Waals surface area contributed by atoms with Gasteiger partial charge >= 0.3 is 0 Å². The molecule has 0 fully saturated rings. The van der Waals surface area contributed by atoms with Crippen molar-refractivity contribution in [1.82, 2.24) is 14.5 Å². The van der Waals surface area contributed by atoms with Gasteiger partial charge in [0.1, 0.15) is 17.5 Å². The third kappa shape index (κ3) is 5.03. The van der Waals surface area contributed by atoms with Gasteiger partial charge in [-0.3, -0.25) is 4.79 Å². The Morgan fingerprint density at radius 3 is 2.31 bits per heavy atom. The first kappa shape index (κ1) is 23.6. The van der Waals surface area contributed by atoms with Crippen molar-refractivity contribution in [1.29, 1.82) is 0 Å². The fraction of sp³-hybridized carbons (Fsp3) is 0.273. The van der Waals surface area contributed by atoms with E-state index in [0.717, 1.165) is 18.2 Å². The Morgan fingerprint density at radius 1 is 1.06 bits per heavy atom. The van der Waals surface area contributed by atoms with Crippen molar-refractivity contribution >= 4 is 21.7 Å². The maximum atomic E-state index is 14.4. The molecule has 10 heteroatoms. The zero-order chi connectivity index (χ0) is 23.7. The normalized spacial score (nSPS) is 12.1. The van der Waals surface area contributed by atoms with Gasteiger partial charge in [0.25, 0.3) is 5.91 Å². The van der Waals surface area contributed by atoms with Crippen LogP contribution in [0.1, 0.15) is 43.7 Å². The highest BCUT2D eigenvalue weighted by molar-refractivity contribution is 7.89. The smallest absolute Gasteiger partial charge is 0.259 e. The van der Waals surface area contributed by atoms with Crippen LogP contribution in [0.2, 0.25) is 0 Å². The number of benzene rings is 2. The highest BCUT2D eigenvalue weighted by Crippen LogP contribution is 2.27. The second kappa shape index (κ2) is 8.79. The van der Waals surface area contributed by atoms with Crippen LogP contribution in [0.15, 0.2) is 53.4 Å². The van der Waals surface area contributed by atoms with Gasteiger partial charge in [-0.1, -0.05) is 27.7 Å². The summed E-state index contributed by atoms with van der Waals surface area (Å²) in [5.74, 6) is -1.92. The Labute approximate surface area is 185 Å². The Morgan fingerprint density at radius 2 is 1.72 bits per heavy atom. The standard InChI is InChI=1S/C22H24F2N4O3S/c1-5-25-32(30,31)16-10-11-18(24)17(12-16)21(29)26-20-13-19(22(2,3)4)27-28(20)15-8-6-14(23)7-9-15/h6-13,25H,5H2,1-4H3,(H,26,29). The maximum absolute atomic E-state index is 14.4. The molecule has 3 aromatic rings. The number of anilines is 1. The van der Waals surface area contributed by atoms with Gasteiger partial charge in [0.2, 0.25) is 10.0 Å². The Balaban J connectivity index is 2.02. The molecule has 2 N–H and O–H groups in total. The molecular formula is C22H24F2N4O3S. The van der Waals surface area contributed by atoms with Gasteiger partial charge in [-0.15, -0.1) is 0 Å². The minimum absolute atomic E-state index is 0.147. The van der Waals surface area contributed by atoms with Crippen molar-refractivity contribution in [3.05, 3.63) is 71.4 Å². The number of sulfonamides is 1. The monoisotopic (exact) mass is 462 g/mol. The first-order valence-electron chi connectivity index (χ1n) is 9.89. The second-order valence-electron chi connectivity index (χ2n) is 8.15. The van der Waals surface area contributed by atoms with Crippen LogP contribution in [-0.4, -0.2) is 30.7 Å².